The van der Waals surface area contributed by atoms with Crippen LogP contribution in [0.1, 0.15) is 31.2 Å². The average molecular weight is 537 g/mol. The number of nitrogens with zero attached hydrogens (tertiary/aromatic N) is 5. The number of aromatic nitrogens is 1. The van der Waals surface area contributed by atoms with E-state index in [1.807, 2.05) is 11.0 Å². The molecule has 1 aromatic rings. The van der Waals surface area contributed by atoms with Crippen molar-refractivity contribution in [3.05, 3.63) is 23.9 Å². The summed E-state index contributed by atoms with van der Waals surface area (Å²) in [5.74, 6) is -2.94. The molecular formula is C24H31F3N8O3. The second-order valence-electron chi connectivity index (χ2n) is 9.68. The fraction of sp³-hybridized carbons (Fsp3) is 0.625. The number of pyridine rings is 1. The summed E-state index contributed by atoms with van der Waals surface area (Å²) in [6, 6.07) is 4.02. The topological polar surface area (TPSA) is 134 Å². The number of carbonyl (C=O) groups excluding carboxylic acids is 3. The molecule has 3 N–H and O–H groups in total. The molecule has 0 spiro atoms. The predicted molar refractivity (Wildman–Crippen MR) is 129 cm³/mol. The second-order valence-corrected chi connectivity index (χ2v) is 9.68. The van der Waals surface area contributed by atoms with E-state index >= 15 is 0 Å². The van der Waals surface area contributed by atoms with Gasteiger partial charge in [0.15, 0.2) is 5.92 Å². The Kier molecular flexibility index (Phi) is 8.68. The fourth-order valence-electron chi connectivity index (χ4n) is 5.38. The number of nitriles is 1. The molecule has 0 saturated carbocycles. The predicted octanol–water partition coefficient (Wildman–Crippen LogP) is 0.144. The van der Waals surface area contributed by atoms with Gasteiger partial charge in [-0.2, -0.15) is 18.4 Å². The van der Waals surface area contributed by atoms with Crippen LogP contribution in [0.3, 0.4) is 0 Å². The van der Waals surface area contributed by atoms with Gasteiger partial charge in [-0.15, -0.1) is 0 Å². The molecule has 3 atom stereocenters. The number of hydrazine groups is 1. The Morgan fingerprint density at radius 3 is 2.61 bits per heavy atom. The van der Waals surface area contributed by atoms with Gasteiger partial charge in [0.1, 0.15) is 11.9 Å². The molecule has 206 valence electrons. The van der Waals surface area contributed by atoms with Crippen LogP contribution in [0.5, 0.6) is 0 Å². The fourth-order valence-corrected chi connectivity index (χ4v) is 5.38. The van der Waals surface area contributed by atoms with Crippen LogP contribution >= 0.6 is 0 Å². The zero-order valence-electron chi connectivity index (χ0n) is 20.8. The number of hydrogen-bond donors (Lipinski definition) is 3. The molecule has 14 heteroatoms. The summed E-state index contributed by atoms with van der Waals surface area (Å²) in [7, 11) is 0. The quantitative estimate of drug-likeness (QED) is 0.449. The summed E-state index contributed by atoms with van der Waals surface area (Å²) in [5.41, 5.74) is 5.07. The highest BCUT2D eigenvalue weighted by Crippen LogP contribution is 2.35. The van der Waals surface area contributed by atoms with Crippen molar-refractivity contribution in [2.45, 2.75) is 43.9 Å². The SMILES string of the molecule is N#Cc1ccc(N2CCN(C(=O)CCNC(=O)C[C@@H]3CCCN3C3CNNC(=O)C3C(F)(F)F)CC2)nc1. The maximum atomic E-state index is 13.6. The summed E-state index contributed by atoms with van der Waals surface area (Å²) in [4.78, 5) is 46.8. The minimum Gasteiger partial charge on any atom is -0.356 e. The second kappa shape index (κ2) is 12.0. The van der Waals surface area contributed by atoms with E-state index in [1.54, 1.807) is 21.9 Å². The highest BCUT2D eigenvalue weighted by Gasteiger charge is 2.54. The van der Waals surface area contributed by atoms with Gasteiger partial charge in [-0.3, -0.25) is 24.7 Å². The number of rotatable bonds is 7. The van der Waals surface area contributed by atoms with Gasteiger partial charge in [0.05, 0.1) is 5.56 Å². The van der Waals surface area contributed by atoms with E-state index in [1.165, 1.54) is 6.20 Å². The number of piperazine rings is 1. The molecule has 4 heterocycles. The zero-order chi connectivity index (χ0) is 27.3. The third-order valence-electron chi connectivity index (χ3n) is 7.31. The van der Waals surface area contributed by atoms with E-state index in [0.29, 0.717) is 51.1 Å². The molecule has 0 aromatic carbocycles. The standard InChI is InChI=1S/C24H31F3N8O3/c25-24(26,27)22-18(15-31-32-23(22)38)35-7-1-2-17(35)12-20(36)29-6-5-21(37)34-10-8-33(9-11-34)19-4-3-16(13-28)14-30-19/h3-4,14,17-18,22,31H,1-2,5-12,15H2,(H,29,36)(H,32,38)/t17-,18?,22?/m0/s1. The Labute approximate surface area is 218 Å². The number of likely N-dealkylation sites (tertiary alicyclic amines) is 1. The van der Waals surface area contributed by atoms with Gasteiger partial charge < -0.3 is 15.1 Å². The van der Waals surface area contributed by atoms with Crippen molar-refractivity contribution in [2.75, 3.05) is 50.7 Å². The number of anilines is 1. The lowest BCUT2D eigenvalue weighted by Crippen LogP contribution is -2.65. The molecule has 0 bridgehead atoms. The molecule has 3 aliphatic heterocycles. The Morgan fingerprint density at radius 1 is 1.18 bits per heavy atom. The Hall–Kier alpha value is -3.44. The smallest absolute Gasteiger partial charge is 0.356 e. The highest BCUT2D eigenvalue weighted by atomic mass is 19.4. The molecular weight excluding hydrogens is 505 g/mol. The molecule has 0 radical (unpaired) electrons. The average Bonchev–Trinajstić information content (AvgIpc) is 3.35. The maximum Gasteiger partial charge on any atom is 0.402 e. The van der Waals surface area contributed by atoms with Crippen LogP contribution in [-0.4, -0.2) is 96.6 Å². The van der Waals surface area contributed by atoms with E-state index in [0.717, 1.165) is 5.82 Å². The lowest BCUT2D eigenvalue weighted by atomic mass is 9.94. The molecule has 3 aliphatic rings. The van der Waals surface area contributed by atoms with Crippen LogP contribution in [0, 0.1) is 17.2 Å². The van der Waals surface area contributed by atoms with Gasteiger partial charge in [-0.05, 0) is 31.5 Å². The number of halogens is 3. The number of alkyl halides is 3. The first-order chi connectivity index (χ1) is 18.2. The summed E-state index contributed by atoms with van der Waals surface area (Å²) in [6.45, 7) is 2.68. The summed E-state index contributed by atoms with van der Waals surface area (Å²) < 4.78 is 40.7. The molecule has 38 heavy (non-hydrogen) atoms. The van der Waals surface area contributed by atoms with Gasteiger partial charge in [0.2, 0.25) is 17.7 Å². The molecule has 3 amide bonds. The van der Waals surface area contributed by atoms with Crippen molar-refractivity contribution in [3.8, 4) is 6.07 Å². The molecule has 0 aliphatic carbocycles. The van der Waals surface area contributed by atoms with Crippen LogP contribution < -0.4 is 21.1 Å². The summed E-state index contributed by atoms with van der Waals surface area (Å²) >= 11 is 0. The third-order valence-corrected chi connectivity index (χ3v) is 7.31. The molecule has 2 unspecified atom stereocenters. The minimum atomic E-state index is -4.68. The van der Waals surface area contributed by atoms with E-state index in [2.05, 4.69) is 21.2 Å². The number of amides is 3. The Balaban J connectivity index is 1.20. The first-order valence-corrected chi connectivity index (χ1v) is 12.7. The van der Waals surface area contributed by atoms with Crippen LogP contribution in [0.15, 0.2) is 18.3 Å². The van der Waals surface area contributed by atoms with Gasteiger partial charge in [0.25, 0.3) is 0 Å². The van der Waals surface area contributed by atoms with Gasteiger partial charge in [-0.1, -0.05) is 0 Å². The van der Waals surface area contributed by atoms with Crippen LogP contribution in [0.4, 0.5) is 19.0 Å². The normalized spacial score (nSPS) is 24.6. The Morgan fingerprint density at radius 2 is 1.95 bits per heavy atom. The van der Waals surface area contributed by atoms with Crippen molar-refractivity contribution in [1.82, 2.24) is 31.0 Å². The van der Waals surface area contributed by atoms with E-state index in [-0.39, 0.29) is 37.7 Å². The van der Waals surface area contributed by atoms with E-state index < -0.39 is 30.1 Å². The van der Waals surface area contributed by atoms with Crippen molar-refractivity contribution in [2.24, 2.45) is 5.92 Å². The van der Waals surface area contributed by atoms with Crippen LogP contribution in [0.25, 0.3) is 0 Å². The largest absolute Gasteiger partial charge is 0.402 e. The van der Waals surface area contributed by atoms with Crippen LogP contribution in [-0.2, 0) is 14.4 Å². The van der Waals surface area contributed by atoms with E-state index in [4.69, 9.17) is 5.26 Å². The number of nitrogens with one attached hydrogen (secondary N) is 3. The zero-order valence-corrected chi connectivity index (χ0v) is 20.8. The van der Waals surface area contributed by atoms with Crippen molar-refractivity contribution < 1.29 is 27.6 Å². The molecule has 11 nitrogen and oxygen atoms in total. The summed E-state index contributed by atoms with van der Waals surface area (Å²) in [6.07, 6.45) is -1.84. The maximum absolute atomic E-state index is 13.6. The van der Waals surface area contributed by atoms with Gasteiger partial charge in [-0.25, -0.2) is 10.4 Å². The third kappa shape index (κ3) is 6.51. The highest BCUT2D eigenvalue weighted by molar-refractivity contribution is 5.81. The van der Waals surface area contributed by atoms with Crippen molar-refractivity contribution in [1.29, 1.82) is 5.26 Å². The van der Waals surface area contributed by atoms with Crippen molar-refractivity contribution >= 4 is 23.5 Å². The monoisotopic (exact) mass is 536 g/mol. The summed E-state index contributed by atoms with van der Waals surface area (Å²) in [5, 5.41) is 11.6. The van der Waals surface area contributed by atoms with E-state index in [9.17, 15) is 27.6 Å². The molecule has 4 rings (SSSR count). The van der Waals surface area contributed by atoms with Gasteiger partial charge in [0, 0.05) is 70.4 Å². The minimum absolute atomic E-state index is 0.00710. The molecule has 1 aromatic heterocycles. The lowest BCUT2D eigenvalue weighted by molar-refractivity contribution is -0.201. The lowest BCUT2D eigenvalue weighted by Gasteiger charge is -2.40. The van der Waals surface area contributed by atoms with Gasteiger partial charge >= 0.3 is 6.18 Å². The van der Waals surface area contributed by atoms with Crippen LogP contribution in [0.2, 0.25) is 0 Å². The number of hydrogen-bond acceptors (Lipinski definition) is 8. The first-order valence-electron chi connectivity index (χ1n) is 12.7. The molecule has 3 saturated heterocycles. The molecule has 3 fully saturated rings. The first kappa shape index (κ1) is 27.6. The van der Waals surface area contributed by atoms with Crippen molar-refractivity contribution in [3.63, 3.8) is 0 Å². The Bertz CT molecular complexity index is 1050. The number of carbonyl (C=O) groups is 3.